The molecule has 0 unspecified atom stereocenters. The molecule has 0 N–H and O–H groups in total. The van der Waals surface area contributed by atoms with Gasteiger partial charge >= 0.3 is 6.18 Å². The van der Waals surface area contributed by atoms with Crippen molar-refractivity contribution in [1.82, 2.24) is 0 Å². The third kappa shape index (κ3) is 2.90. The number of hydrogen-bond donors (Lipinski definition) is 0. The van der Waals surface area contributed by atoms with Crippen molar-refractivity contribution < 1.29 is 18.0 Å². The highest BCUT2D eigenvalue weighted by Gasteiger charge is 2.30. The lowest BCUT2D eigenvalue weighted by atomic mass is 9.97. The lowest BCUT2D eigenvalue weighted by Crippen LogP contribution is -2.04. The lowest BCUT2D eigenvalue weighted by molar-refractivity contribution is -0.137. The van der Waals surface area contributed by atoms with Gasteiger partial charge in [0.05, 0.1) is 5.56 Å². The molecule has 0 aliphatic carbocycles. The van der Waals surface area contributed by atoms with Crippen LogP contribution in [0.4, 0.5) is 13.2 Å². The van der Waals surface area contributed by atoms with E-state index in [1.807, 2.05) is 0 Å². The molecule has 0 radical (unpaired) electrons. The van der Waals surface area contributed by atoms with Crippen molar-refractivity contribution >= 4 is 5.78 Å². The fourth-order valence-electron chi connectivity index (χ4n) is 2.06. The maximum atomic E-state index is 12.7. The third-order valence-electron chi connectivity index (χ3n) is 3.14. The summed E-state index contributed by atoms with van der Waals surface area (Å²) < 4.78 is 38.1. The van der Waals surface area contributed by atoms with Crippen LogP contribution in [0.3, 0.4) is 0 Å². The first-order valence-electron chi connectivity index (χ1n) is 6.08. The molecule has 0 aromatic heterocycles. The van der Waals surface area contributed by atoms with Crippen LogP contribution < -0.4 is 0 Å². The summed E-state index contributed by atoms with van der Waals surface area (Å²) in [6.07, 6.45) is -4.37. The molecular formula is C16H13F3O. The molecule has 0 fully saturated rings. The van der Waals surface area contributed by atoms with Gasteiger partial charge in [-0.2, -0.15) is 13.2 Å². The highest BCUT2D eigenvalue weighted by Crippen LogP contribution is 2.32. The van der Waals surface area contributed by atoms with Crippen LogP contribution in [0, 0.1) is 6.92 Å². The zero-order valence-corrected chi connectivity index (χ0v) is 11.1. The molecule has 4 heteroatoms. The first-order valence-corrected chi connectivity index (χ1v) is 6.08. The highest BCUT2D eigenvalue weighted by molar-refractivity contribution is 5.96. The van der Waals surface area contributed by atoms with Gasteiger partial charge in [0.1, 0.15) is 0 Å². The van der Waals surface area contributed by atoms with E-state index in [-0.39, 0.29) is 5.78 Å². The summed E-state index contributed by atoms with van der Waals surface area (Å²) >= 11 is 0. The van der Waals surface area contributed by atoms with Crippen LogP contribution >= 0.6 is 0 Å². The second kappa shape index (κ2) is 5.12. The van der Waals surface area contributed by atoms with Gasteiger partial charge in [0.2, 0.25) is 0 Å². The van der Waals surface area contributed by atoms with Crippen LogP contribution in [-0.2, 0) is 6.18 Å². The minimum absolute atomic E-state index is 0.101. The standard InChI is InChI=1S/C16H13F3O/c1-10-6-7-13(9-15(10)11(2)20)12-4-3-5-14(8-12)16(17,18)19/h3-9H,1-2H3. The van der Waals surface area contributed by atoms with Gasteiger partial charge in [-0.1, -0.05) is 24.3 Å². The van der Waals surface area contributed by atoms with Gasteiger partial charge < -0.3 is 0 Å². The molecular weight excluding hydrogens is 265 g/mol. The monoisotopic (exact) mass is 278 g/mol. The number of hydrogen-bond acceptors (Lipinski definition) is 1. The molecule has 104 valence electrons. The Morgan fingerprint density at radius 1 is 1.00 bits per heavy atom. The largest absolute Gasteiger partial charge is 0.416 e. The third-order valence-corrected chi connectivity index (χ3v) is 3.14. The van der Waals surface area contributed by atoms with Crippen LogP contribution in [0.25, 0.3) is 11.1 Å². The molecule has 2 aromatic carbocycles. The van der Waals surface area contributed by atoms with Gasteiger partial charge in [0.25, 0.3) is 0 Å². The number of carbonyl (C=O) groups excluding carboxylic acids is 1. The average molecular weight is 278 g/mol. The summed E-state index contributed by atoms with van der Waals surface area (Å²) in [5.41, 5.74) is 1.70. The molecule has 0 saturated carbocycles. The van der Waals surface area contributed by atoms with Gasteiger partial charge in [-0.15, -0.1) is 0 Å². The Morgan fingerprint density at radius 2 is 1.65 bits per heavy atom. The summed E-state index contributed by atoms with van der Waals surface area (Å²) in [6.45, 7) is 3.24. The fourth-order valence-corrected chi connectivity index (χ4v) is 2.06. The molecule has 1 nitrogen and oxygen atoms in total. The van der Waals surface area contributed by atoms with E-state index in [1.165, 1.54) is 13.0 Å². The molecule has 0 spiro atoms. The second-order valence-corrected chi connectivity index (χ2v) is 4.66. The average Bonchev–Trinajstić information content (AvgIpc) is 2.38. The van der Waals surface area contributed by atoms with E-state index in [0.717, 1.165) is 17.7 Å². The van der Waals surface area contributed by atoms with Crippen LogP contribution in [0.5, 0.6) is 0 Å². The maximum Gasteiger partial charge on any atom is 0.416 e. The Labute approximate surface area is 115 Å². The van der Waals surface area contributed by atoms with E-state index in [2.05, 4.69) is 0 Å². The van der Waals surface area contributed by atoms with Crippen LogP contribution in [0.2, 0.25) is 0 Å². The Balaban J connectivity index is 2.52. The molecule has 0 aliphatic heterocycles. The predicted molar refractivity (Wildman–Crippen MR) is 71.6 cm³/mol. The SMILES string of the molecule is CC(=O)c1cc(-c2cccc(C(F)(F)F)c2)ccc1C. The quantitative estimate of drug-likeness (QED) is 0.715. The number of rotatable bonds is 2. The molecule has 2 aromatic rings. The van der Waals surface area contributed by atoms with Crippen molar-refractivity contribution in [2.24, 2.45) is 0 Å². The van der Waals surface area contributed by atoms with Crippen molar-refractivity contribution in [3.05, 3.63) is 59.2 Å². The molecule has 0 bridgehead atoms. The zero-order chi connectivity index (χ0) is 14.9. The Morgan fingerprint density at radius 3 is 2.25 bits per heavy atom. The number of alkyl halides is 3. The molecule has 0 saturated heterocycles. The summed E-state index contributed by atoms with van der Waals surface area (Å²) in [6, 6.07) is 10.2. The highest BCUT2D eigenvalue weighted by atomic mass is 19.4. The van der Waals surface area contributed by atoms with E-state index in [0.29, 0.717) is 16.7 Å². The number of ketones is 1. The molecule has 0 atom stereocenters. The first-order chi connectivity index (χ1) is 9.29. The Hall–Kier alpha value is -2.10. The van der Waals surface area contributed by atoms with Crippen molar-refractivity contribution in [1.29, 1.82) is 0 Å². The van der Waals surface area contributed by atoms with Gasteiger partial charge in [-0.25, -0.2) is 0 Å². The minimum Gasteiger partial charge on any atom is -0.295 e. The Kier molecular flexibility index (Phi) is 3.66. The topological polar surface area (TPSA) is 17.1 Å². The first kappa shape index (κ1) is 14.3. The molecule has 0 amide bonds. The molecule has 0 heterocycles. The molecule has 2 rings (SSSR count). The predicted octanol–water partition coefficient (Wildman–Crippen LogP) is 4.88. The van der Waals surface area contributed by atoms with Gasteiger partial charge in [-0.05, 0) is 48.7 Å². The maximum absolute atomic E-state index is 12.7. The van der Waals surface area contributed by atoms with Crippen LogP contribution in [0.1, 0.15) is 28.4 Å². The molecule has 0 aliphatic rings. The van der Waals surface area contributed by atoms with Crippen molar-refractivity contribution in [3.63, 3.8) is 0 Å². The van der Waals surface area contributed by atoms with Crippen molar-refractivity contribution in [3.8, 4) is 11.1 Å². The number of carbonyl (C=O) groups is 1. The minimum atomic E-state index is -4.37. The van der Waals surface area contributed by atoms with E-state index < -0.39 is 11.7 Å². The number of aryl methyl sites for hydroxylation is 1. The Bertz CT molecular complexity index is 657. The van der Waals surface area contributed by atoms with Gasteiger partial charge in [0, 0.05) is 5.56 Å². The van der Waals surface area contributed by atoms with E-state index in [4.69, 9.17) is 0 Å². The normalized spacial score (nSPS) is 11.4. The van der Waals surface area contributed by atoms with Crippen molar-refractivity contribution in [2.75, 3.05) is 0 Å². The van der Waals surface area contributed by atoms with E-state index in [9.17, 15) is 18.0 Å². The second-order valence-electron chi connectivity index (χ2n) is 4.66. The fraction of sp³-hybridized carbons (Fsp3) is 0.188. The van der Waals surface area contributed by atoms with Crippen molar-refractivity contribution in [2.45, 2.75) is 20.0 Å². The molecule has 20 heavy (non-hydrogen) atoms. The summed E-state index contributed by atoms with van der Waals surface area (Å²) in [7, 11) is 0. The van der Waals surface area contributed by atoms with E-state index in [1.54, 1.807) is 31.2 Å². The zero-order valence-electron chi connectivity index (χ0n) is 11.1. The number of benzene rings is 2. The number of halogens is 3. The van der Waals surface area contributed by atoms with Crippen LogP contribution in [0.15, 0.2) is 42.5 Å². The van der Waals surface area contributed by atoms with Gasteiger partial charge in [0.15, 0.2) is 5.78 Å². The number of Topliss-reactive ketones (excluding diaryl/α,β-unsaturated/α-hetero) is 1. The lowest BCUT2D eigenvalue weighted by Gasteiger charge is -2.10. The summed E-state index contributed by atoms with van der Waals surface area (Å²) in [4.78, 5) is 11.5. The smallest absolute Gasteiger partial charge is 0.295 e. The summed E-state index contributed by atoms with van der Waals surface area (Å²) in [5.74, 6) is -0.101. The summed E-state index contributed by atoms with van der Waals surface area (Å²) in [5, 5.41) is 0. The van der Waals surface area contributed by atoms with Gasteiger partial charge in [-0.3, -0.25) is 4.79 Å². The van der Waals surface area contributed by atoms with E-state index >= 15 is 0 Å². The van der Waals surface area contributed by atoms with Crippen LogP contribution in [-0.4, -0.2) is 5.78 Å².